The Kier molecular flexibility index (Phi) is 5.61. The summed E-state index contributed by atoms with van der Waals surface area (Å²) in [6, 6.07) is 7.72. The third-order valence-electron chi connectivity index (χ3n) is 3.96. The van der Waals surface area contributed by atoms with Crippen LogP contribution in [0, 0.1) is 0 Å². The molecule has 128 valence electrons. The quantitative estimate of drug-likeness (QED) is 0.738. The van der Waals surface area contributed by atoms with E-state index in [4.69, 9.17) is 14.2 Å². The molecule has 1 aromatic heterocycles. The summed E-state index contributed by atoms with van der Waals surface area (Å²) in [5.41, 5.74) is 1.12. The van der Waals surface area contributed by atoms with Crippen LogP contribution < -0.4 is 9.47 Å². The number of methoxy groups -OCH3 is 2. The van der Waals surface area contributed by atoms with E-state index in [-0.39, 0.29) is 6.10 Å². The first-order valence-electron chi connectivity index (χ1n) is 8.08. The SMILES string of the molecule is COCCc1ncc(CN2CC(Oc3cccc(OC)c3)C2)cn1. The Morgan fingerprint density at radius 1 is 1.12 bits per heavy atom. The number of rotatable bonds is 8. The number of ether oxygens (including phenoxy) is 3. The molecular formula is C18H23N3O3. The van der Waals surface area contributed by atoms with E-state index in [1.807, 2.05) is 36.7 Å². The molecule has 0 N–H and O–H groups in total. The first-order chi connectivity index (χ1) is 11.8. The maximum atomic E-state index is 5.96. The zero-order valence-corrected chi connectivity index (χ0v) is 14.1. The molecular weight excluding hydrogens is 306 g/mol. The highest BCUT2D eigenvalue weighted by molar-refractivity contribution is 5.33. The van der Waals surface area contributed by atoms with E-state index in [1.165, 1.54) is 0 Å². The highest BCUT2D eigenvalue weighted by Gasteiger charge is 2.28. The third-order valence-corrected chi connectivity index (χ3v) is 3.96. The predicted octanol–water partition coefficient (Wildman–Crippen LogP) is 1.94. The van der Waals surface area contributed by atoms with Gasteiger partial charge in [-0.3, -0.25) is 4.90 Å². The molecule has 0 bridgehead atoms. The van der Waals surface area contributed by atoms with Gasteiger partial charge in [0.05, 0.1) is 13.7 Å². The molecule has 24 heavy (non-hydrogen) atoms. The van der Waals surface area contributed by atoms with Gasteiger partial charge in [-0.25, -0.2) is 9.97 Å². The summed E-state index contributed by atoms with van der Waals surface area (Å²) >= 11 is 0. The summed E-state index contributed by atoms with van der Waals surface area (Å²) in [7, 11) is 3.34. The van der Waals surface area contributed by atoms with Gasteiger partial charge in [0, 0.05) is 57.2 Å². The minimum Gasteiger partial charge on any atom is -0.497 e. The molecule has 0 spiro atoms. The number of benzene rings is 1. The van der Waals surface area contributed by atoms with Crippen LogP contribution in [0.25, 0.3) is 0 Å². The van der Waals surface area contributed by atoms with Gasteiger partial charge in [0.25, 0.3) is 0 Å². The lowest BCUT2D eigenvalue weighted by Gasteiger charge is -2.38. The van der Waals surface area contributed by atoms with Crippen LogP contribution in [0.15, 0.2) is 36.7 Å². The highest BCUT2D eigenvalue weighted by Crippen LogP contribution is 2.23. The van der Waals surface area contributed by atoms with E-state index in [9.17, 15) is 0 Å². The third kappa shape index (κ3) is 4.43. The average Bonchev–Trinajstić information content (AvgIpc) is 2.59. The standard InChI is InChI=1S/C18H23N3O3/c1-22-7-6-18-19-9-14(10-20-18)11-21-12-17(13-21)24-16-5-3-4-15(8-16)23-2/h3-5,8-10,17H,6-7,11-13H2,1-2H3. The smallest absolute Gasteiger partial charge is 0.130 e. The second-order valence-electron chi connectivity index (χ2n) is 5.86. The fraction of sp³-hybridized carbons (Fsp3) is 0.444. The van der Waals surface area contributed by atoms with E-state index in [0.29, 0.717) is 6.61 Å². The van der Waals surface area contributed by atoms with Crippen molar-refractivity contribution in [3.05, 3.63) is 48.0 Å². The van der Waals surface area contributed by atoms with Crippen molar-refractivity contribution in [3.8, 4) is 11.5 Å². The molecule has 1 saturated heterocycles. The van der Waals surface area contributed by atoms with Crippen molar-refractivity contribution in [1.29, 1.82) is 0 Å². The van der Waals surface area contributed by atoms with E-state index in [0.717, 1.165) is 48.9 Å². The summed E-state index contributed by atoms with van der Waals surface area (Å²) < 4.78 is 16.2. The van der Waals surface area contributed by atoms with Crippen molar-refractivity contribution < 1.29 is 14.2 Å². The maximum absolute atomic E-state index is 5.96. The van der Waals surface area contributed by atoms with E-state index >= 15 is 0 Å². The Balaban J connectivity index is 1.43. The van der Waals surface area contributed by atoms with Crippen molar-refractivity contribution >= 4 is 0 Å². The largest absolute Gasteiger partial charge is 0.497 e. The molecule has 1 aromatic carbocycles. The van der Waals surface area contributed by atoms with Gasteiger partial charge in [0.2, 0.25) is 0 Å². The number of hydrogen-bond donors (Lipinski definition) is 0. The molecule has 3 rings (SSSR count). The molecule has 0 saturated carbocycles. The Bertz CT molecular complexity index is 642. The summed E-state index contributed by atoms with van der Waals surface area (Å²) in [5.74, 6) is 2.49. The van der Waals surface area contributed by atoms with Gasteiger partial charge < -0.3 is 14.2 Å². The normalized spacial score (nSPS) is 15.1. The highest BCUT2D eigenvalue weighted by atomic mass is 16.5. The van der Waals surface area contributed by atoms with Crippen LogP contribution in [-0.4, -0.2) is 54.9 Å². The first-order valence-corrected chi connectivity index (χ1v) is 8.08. The van der Waals surface area contributed by atoms with E-state index in [2.05, 4.69) is 14.9 Å². The molecule has 6 nitrogen and oxygen atoms in total. The van der Waals surface area contributed by atoms with Crippen molar-refractivity contribution in [3.63, 3.8) is 0 Å². The van der Waals surface area contributed by atoms with Gasteiger partial charge in [-0.15, -0.1) is 0 Å². The number of aromatic nitrogens is 2. The van der Waals surface area contributed by atoms with Crippen LogP contribution in [0.4, 0.5) is 0 Å². The fourth-order valence-electron chi connectivity index (χ4n) is 2.64. The average molecular weight is 329 g/mol. The molecule has 6 heteroatoms. The molecule has 0 amide bonds. The zero-order chi connectivity index (χ0) is 16.8. The van der Waals surface area contributed by atoms with Gasteiger partial charge in [-0.05, 0) is 12.1 Å². The van der Waals surface area contributed by atoms with E-state index < -0.39 is 0 Å². The van der Waals surface area contributed by atoms with Crippen LogP contribution in [0.2, 0.25) is 0 Å². The monoisotopic (exact) mass is 329 g/mol. The number of nitrogens with zero attached hydrogens (tertiary/aromatic N) is 3. The minimum atomic E-state index is 0.221. The molecule has 1 aliphatic heterocycles. The van der Waals surface area contributed by atoms with Gasteiger partial charge in [0.15, 0.2) is 0 Å². The molecule has 0 aliphatic carbocycles. The number of likely N-dealkylation sites (tertiary alicyclic amines) is 1. The van der Waals surface area contributed by atoms with Gasteiger partial charge in [-0.2, -0.15) is 0 Å². The molecule has 0 radical (unpaired) electrons. The topological polar surface area (TPSA) is 56.7 Å². The zero-order valence-electron chi connectivity index (χ0n) is 14.1. The fourth-order valence-corrected chi connectivity index (χ4v) is 2.64. The first kappa shape index (κ1) is 16.7. The molecule has 0 atom stereocenters. The van der Waals surface area contributed by atoms with Crippen molar-refractivity contribution in [1.82, 2.24) is 14.9 Å². The van der Waals surface area contributed by atoms with Gasteiger partial charge in [0.1, 0.15) is 23.4 Å². The van der Waals surface area contributed by atoms with Crippen LogP contribution in [-0.2, 0) is 17.7 Å². The Morgan fingerprint density at radius 2 is 1.88 bits per heavy atom. The number of hydrogen-bond acceptors (Lipinski definition) is 6. The minimum absolute atomic E-state index is 0.221. The Morgan fingerprint density at radius 3 is 2.58 bits per heavy atom. The molecule has 1 aliphatic rings. The summed E-state index contributed by atoms with van der Waals surface area (Å²) in [6.07, 6.45) is 4.76. The Labute approximate surface area is 142 Å². The molecule has 2 heterocycles. The second-order valence-corrected chi connectivity index (χ2v) is 5.86. The van der Waals surface area contributed by atoms with E-state index in [1.54, 1.807) is 14.2 Å². The summed E-state index contributed by atoms with van der Waals surface area (Å²) in [4.78, 5) is 11.1. The Hall–Kier alpha value is -2.18. The lowest BCUT2D eigenvalue weighted by molar-refractivity contribution is 0.0143. The molecule has 0 unspecified atom stereocenters. The van der Waals surface area contributed by atoms with Crippen LogP contribution in [0.3, 0.4) is 0 Å². The van der Waals surface area contributed by atoms with Gasteiger partial charge in [-0.1, -0.05) is 6.07 Å². The van der Waals surface area contributed by atoms with Gasteiger partial charge >= 0.3 is 0 Å². The van der Waals surface area contributed by atoms with Crippen LogP contribution in [0.5, 0.6) is 11.5 Å². The molecule has 2 aromatic rings. The lowest BCUT2D eigenvalue weighted by Crippen LogP contribution is -2.53. The molecule has 1 fully saturated rings. The second kappa shape index (κ2) is 8.08. The van der Waals surface area contributed by atoms with Crippen molar-refractivity contribution in [2.75, 3.05) is 33.9 Å². The summed E-state index contributed by atoms with van der Waals surface area (Å²) in [5, 5.41) is 0. The van der Waals surface area contributed by atoms with Crippen molar-refractivity contribution in [2.45, 2.75) is 19.1 Å². The van der Waals surface area contributed by atoms with Crippen LogP contribution in [0.1, 0.15) is 11.4 Å². The lowest BCUT2D eigenvalue weighted by atomic mass is 10.1. The summed E-state index contributed by atoms with van der Waals surface area (Å²) in [6.45, 7) is 3.31. The predicted molar refractivity (Wildman–Crippen MR) is 90.3 cm³/mol. The van der Waals surface area contributed by atoms with Crippen LogP contribution >= 0.6 is 0 Å². The van der Waals surface area contributed by atoms with Crippen molar-refractivity contribution in [2.24, 2.45) is 0 Å². The maximum Gasteiger partial charge on any atom is 0.130 e.